The molecule has 92 valence electrons. The summed E-state index contributed by atoms with van der Waals surface area (Å²) in [6, 6.07) is 6.31. The number of piperazine rings is 1. The third kappa shape index (κ3) is 3.42. The summed E-state index contributed by atoms with van der Waals surface area (Å²) in [6.07, 6.45) is 0. The molecule has 1 amide bonds. The number of hydrogen-bond acceptors (Lipinski definition) is 3. The highest BCUT2D eigenvalue weighted by Gasteiger charge is 2.15. The van der Waals surface area contributed by atoms with Crippen LogP contribution in [-0.4, -0.2) is 43.6 Å². The first-order valence-electron chi connectivity index (χ1n) is 5.62. The van der Waals surface area contributed by atoms with Gasteiger partial charge in [0.1, 0.15) is 6.61 Å². The van der Waals surface area contributed by atoms with Crippen LogP contribution in [0.15, 0.2) is 24.3 Å². The smallest absolute Gasteiger partial charge is 0.234 e. The van der Waals surface area contributed by atoms with Crippen LogP contribution in [-0.2, 0) is 4.79 Å². The van der Waals surface area contributed by atoms with Crippen molar-refractivity contribution in [1.82, 2.24) is 10.2 Å². The van der Waals surface area contributed by atoms with Gasteiger partial charge in [0.05, 0.1) is 6.54 Å². The number of carbonyl (C=O) groups is 1. The van der Waals surface area contributed by atoms with Crippen LogP contribution < -0.4 is 10.1 Å². The fourth-order valence-electron chi connectivity index (χ4n) is 1.73. The van der Waals surface area contributed by atoms with E-state index in [0.717, 1.165) is 6.54 Å². The minimum Gasteiger partial charge on any atom is -0.489 e. The van der Waals surface area contributed by atoms with E-state index >= 15 is 0 Å². The largest absolute Gasteiger partial charge is 0.489 e. The number of rotatable bonds is 4. The maximum atomic E-state index is 13.2. The van der Waals surface area contributed by atoms with Crippen LogP contribution >= 0.6 is 0 Å². The lowest BCUT2D eigenvalue weighted by atomic mass is 10.3. The molecule has 1 N–H and O–H groups in total. The number of nitrogens with zero attached hydrogens (tertiary/aromatic N) is 1. The Kier molecular flexibility index (Phi) is 3.93. The van der Waals surface area contributed by atoms with Gasteiger partial charge in [-0.15, -0.1) is 0 Å². The molecule has 0 bridgehead atoms. The molecular weight excluding hydrogens is 223 g/mol. The maximum Gasteiger partial charge on any atom is 0.234 e. The Morgan fingerprint density at radius 3 is 3.00 bits per heavy atom. The summed E-state index contributed by atoms with van der Waals surface area (Å²) in [5, 5.41) is 2.75. The molecule has 5 heteroatoms. The van der Waals surface area contributed by atoms with Crippen molar-refractivity contribution in [2.75, 3.05) is 32.8 Å². The fraction of sp³-hybridized carbons (Fsp3) is 0.417. The second kappa shape index (κ2) is 5.63. The SMILES string of the molecule is O=C1CN(CCOc2ccccc2F)CCN1. The van der Waals surface area contributed by atoms with Crippen LogP contribution in [0.5, 0.6) is 5.75 Å². The number of benzene rings is 1. The van der Waals surface area contributed by atoms with Gasteiger partial charge in [-0.25, -0.2) is 4.39 Å². The zero-order chi connectivity index (χ0) is 12.1. The number of para-hydroxylation sites is 1. The Labute approximate surface area is 99.4 Å². The zero-order valence-electron chi connectivity index (χ0n) is 9.49. The highest BCUT2D eigenvalue weighted by Crippen LogP contribution is 2.15. The van der Waals surface area contributed by atoms with Crippen molar-refractivity contribution >= 4 is 5.91 Å². The predicted octanol–water partition coefficient (Wildman–Crippen LogP) is 0.636. The Morgan fingerprint density at radius 1 is 1.41 bits per heavy atom. The van der Waals surface area contributed by atoms with Gasteiger partial charge in [-0.2, -0.15) is 0 Å². The number of hydrogen-bond donors (Lipinski definition) is 1. The molecule has 1 fully saturated rings. The molecule has 0 aliphatic carbocycles. The molecule has 1 saturated heterocycles. The molecule has 1 heterocycles. The molecule has 1 aliphatic heterocycles. The molecule has 1 aliphatic rings. The lowest BCUT2D eigenvalue weighted by Gasteiger charge is -2.26. The predicted molar refractivity (Wildman–Crippen MR) is 61.3 cm³/mol. The molecule has 17 heavy (non-hydrogen) atoms. The van der Waals surface area contributed by atoms with E-state index in [2.05, 4.69) is 5.32 Å². The van der Waals surface area contributed by atoms with Gasteiger partial charge in [0.15, 0.2) is 11.6 Å². The van der Waals surface area contributed by atoms with Gasteiger partial charge in [0.25, 0.3) is 0 Å². The van der Waals surface area contributed by atoms with Crippen LogP contribution in [0.25, 0.3) is 0 Å². The molecule has 1 aromatic rings. The van der Waals surface area contributed by atoms with E-state index in [1.807, 2.05) is 4.90 Å². The quantitative estimate of drug-likeness (QED) is 0.836. The van der Waals surface area contributed by atoms with Crippen molar-refractivity contribution in [3.05, 3.63) is 30.1 Å². The van der Waals surface area contributed by atoms with Crippen LogP contribution in [0.1, 0.15) is 0 Å². The average molecular weight is 238 g/mol. The molecule has 0 unspecified atom stereocenters. The number of carbonyl (C=O) groups excluding carboxylic acids is 1. The molecule has 4 nitrogen and oxygen atoms in total. The van der Waals surface area contributed by atoms with Gasteiger partial charge in [-0.3, -0.25) is 9.69 Å². The van der Waals surface area contributed by atoms with Gasteiger partial charge < -0.3 is 10.1 Å². The Morgan fingerprint density at radius 2 is 2.24 bits per heavy atom. The van der Waals surface area contributed by atoms with Gasteiger partial charge in [0, 0.05) is 19.6 Å². The first-order chi connectivity index (χ1) is 8.25. The first kappa shape index (κ1) is 11.9. The highest BCUT2D eigenvalue weighted by atomic mass is 19.1. The Bertz CT molecular complexity index is 398. The van der Waals surface area contributed by atoms with Crippen LogP contribution in [0.3, 0.4) is 0 Å². The number of ether oxygens (including phenoxy) is 1. The van der Waals surface area contributed by atoms with Crippen LogP contribution in [0.2, 0.25) is 0 Å². The average Bonchev–Trinajstić information content (AvgIpc) is 2.32. The summed E-state index contributed by atoms with van der Waals surface area (Å²) in [5.41, 5.74) is 0. The molecular formula is C12H15FN2O2. The third-order valence-electron chi connectivity index (χ3n) is 2.62. The molecule has 0 radical (unpaired) electrons. The molecule has 0 saturated carbocycles. The monoisotopic (exact) mass is 238 g/mol. The Balaban J connectivity index is 1.76. The fourth-order valence-corrected chi connectivity index (χ4v) is 1.73. The van der Waals surface area contributed by atoms with Gasteiger partial charge >= 0.3 is 0 Å². The second-order valence-corrected chi connectivity index (χ2v) is 3.90. The number of amides is 1. The van der Waals surface area contributed by atoms with E-state index < -0.39 is 0 Å². The summed E-state index contributed by atoms with van der Waals surface area (Å²) in [5.74, 6) is -0.0695. The zero-order valence-corrected chi connectivity index (χ0v) is 9.49. The van der Waals surface area contributed by atoms with Crippen molar-refractivity contribution in [3.63, 3.8) is 0 Å². The normalized spacial score (nSPS) is 16.6. The summed E-state index contributed by atoms with van der Waals surface area (Å²) in [6.45, 7) is 2.88. The molecule has 2 rings (SSSR count). The van der Waals surface area contributed by atoms with Crippen LogP contribution in [0, 0.1) is 5.82 Å². The lowest BCUT2D eigenvalue weighted by Crippen LogP contribution is -2.48. The maximum absolute atomic E-state index is 13.2. The van der Waals surface area contributed by atoms with E-state index in [-0.39, 0.29) is 17.5 Å². The first-order valence-corrected chi connectivity index (χ1v) is 5.62. The standard InChI is InChI=1S/C12H15FN2O2/c13-10-3-1-2-4-11(10)17-8-7-15-6-5-14-12(16)9-15/h1-4H,5-9H2,(H,14,16). The van der Waals surface area contributed by atoms with Gasteiger partial charge in [-0.05, 0) is 12.1 Å². The lowest BCUT2D eigenvalue weighted by molar-refractivity contribution is -0.124. The minimum absolute atomic E-state index is 0.0298. The number of halogens is 1. The Hall–Kier alpha value is -1.62. The molecule has 0 atom stereocenters. The van der Waals surface area contributed by atoms with Crippen LogP contribution in [0.4, 0.5) is 4.39 Å². The summed E-state index contributed by atoms with van der Waals surface area (Å²) in [4.78, 5) is 13.1. The van der Waals surface area contributed by atoms with Crippen molar-refractivity contribution in [2.24, 2.45) is 0 Å². The van der Waals surface area contributed by atoms with E-state index in [1.54, 1.807) is 18.2 Å². The van der Waals surface area contributed by atoms with Crippen molar-refractivity contribution in [3.8, 4) is 5.75 Å². The topological polar surface area (TPSA) is 41.6 Å². The summed E-state index contributed by atoms with van der Waals surface area (Å²) >= 11 is 0. The van der Waals surface area contributed by atoms with E-state index in [0.29, 0.717) is 26.2 Å². The van der Waals surface area contributed by atoms with Gasteiger partial charge in [0.2, 0.25) is 5.91 Å². The van der Waals surface area contributed by atoms with E-state index in [9.17, 15) is 9.18 Å². The minimum atomic E-state index is -0.358. The second-order valence-electron chi connectivity index (χ2n) is 3.90. The van der Waals surface area contributed by atoms with Crippen molar-refractivity contribution in [1.29, 1.82) is 0 Å². The van der Waals surface area contributed by atoms with Crippen molar-refractivity contribution < 1.29 is 13.9 Å². The summed E-state index contributed by atoms with van der Waals surface area (Å²) < 4.78 is 18.5. The molecule has 0 spiro atoms. The van der Waals surface area contributed by atoms with E-state index in [1.165, 1.54) is 6.07 Å². The van der Waals surface area contributed by atoms with Gasteiger partial charge in [-0.1, -0.05) is 12.1 Å². The van der Waals surface area contributed by atoms with Crippen molar-refractivity contribution in [2.45, 2.75) is 0 Å². The third-order valence-corrected chi connectivity index (χ3v) is 2.62. The number of nitrogens with one attached hydrogen (secondary N) is 1. The highest BCUT2D eigenvalue weighted by molar-refractivity contribution is 5.78. The molecule has 0 aromatic heterocycles. The summed E-state index contributed by atoms with van der Waals surface area (Å²) in [7, 11) is 0. The molecule has 1 aromatic carbocycles. The van der Waals surface area contributed by atoms with E-state index in [4.69, 9.17) is 4.74 Å².